The molecule has 0 radical (unpaired) electrons. The Balaban J connectivity index is 2.04. The summed E-state index contributed by atoms with van der Waals surface area (Å²) in [7, 11) is 0. The molecular formula is C12H12N2O2. The SMILES string of the molecule is NC(=O)c1cccc(NCc2ccoc2)c1. The third-order valence-corrected chi connectivity index (χ3v) is 2.22. The molecule has 0 spiro atoms. The maximum absolute atomic E-state index is 11.0. The minimum Gasteiger partial charge on any atom is -0.472 e. The zero-order valence-corrected chi connectivity index (χ0v) is 8.64. The van der Waals surface area contributed by atoms with Crippen molar-refractivity contribution in [1.29, 1.82) is 0 Å². The molecule has 4 nitrogen and oxygen atoms in total. The summed E-state index contributed by atoms with van der Waals surface area (Å²) in [6, 6.07) is 8.96. The summed E-state index contributed by atoms with van der Waals surface area (Å²) in [6.45, 7) is 0.652. The lowest BCUT2D eigenvalue weighted by Gasteiger charge is -2.05. The lowest BCUT2D eigenvalue weighted by atomic mass is 10.2. The van der Waals surface area contributed by atoms with Crippen molar-refractivity contribution in [3.05, 3.63) is 54.0 Å². The van der Waals surface area contributed by atoms with Crippen LogP contribution in [-0.4, -0.2) is 5.91 Å². The Bertz CT molecular complexity index is 478. The maximum Gasteiger partial charge on any atom is 0.248 e. The van der Waals surface area contributed by atoms with E-state index < -0.39 is 5.91 Å². The molecule has 1 amide bonds. The molecule has 16 heavy (non-hydrogen) atoms. The highest BCUT2D eigenvalue weighted by molar-refractivity contribution is 5.93. The molecule has 1 aromatic heterocycles. The highest BCUT2D eigenvalue weighted by Crippen LogP contribution is 2.12. The monoisotopic (exact) mass is 216 g/mol. The van der Waals surface area contributed by atoms with E-state index in [1.807, 2.05) is 12.1 Å². The van der Waals surface area contributed by atoms with Crippen LogP contribution in [0.25, 0.3) is 0 Å². The first kappa shape index (κ1) is 10.3. The second kappa shape index (κ2) is 4.53. The van der Waals surface area contributed by atoms with Gasteiger partial charge in [-0.1, -0.05) is 6.07 Å². The van der Waals surface area contributed by atoms with E-state index in [0.29, 0.717) is 12.1 Å². The van der Waals surface area contributed by atoms with E-state index in [1.165, 1.54) is 0 Å². The number of carbonyl (C=O) groups is 1. The van der Waals surface area contributed by atoms with Crippen molar-refractivity contribution in [3.8, 4) is 0 Å². The van der Waals surface area contributed by atoms with Crippen molar-refractivity contribution in [3.63, 3.8) is 0 Å². The van der Waals surface area contributed by atoms with Gasteiger partial charge in [0.1, 0.15) is 0 Å². The second-order valence-electron chi connectivity index (χ2n) is 3.43. The van der Waals surface area contributed by atoms with Gasteiger partial charge in [0.2, 0.25) is 5.91 Å². The standard InChI is InChI=1S/C12H12N2O2/c13-12(15)10-2-1-3-11(6-10)14-7-9-4-5-16-8-9/h1-6,8,14H,7H2,(H2,13,15). The second-order valence-corrected chi connectivity index (χ2v) is 3.43. The summed E-state index contributed by atoms with van der Waals surface area (Å²) in [6.07, 6.45) is 3.29. The number of benzene rings is 1. The largest absolute Gasteiger partial charge is 0.472 e. The lowest BCUT2D eigenvalue weighted by molar-refractivity contribution is 0.100. The quantitative estimate of drug-likeness (QED) is 0.821. The minimum atomic E-state index is -0.424. The van der Waals surface area contributed by atoms with Crippen LogP contribution in [0.5, 0.6) is 0 Å². The Morgan fingerprint density at radius 1 is 1.38 bits per heavy atom. The average molecular weight is 216 g/mol. The number of amides is 1. The number of furan rings is 1. The summed E-state index contributed by atoms with van der Waals surface area (Å²) in [5.74, 6) is -0.424. The van der Waals surface area contributed by atoms with Gasteiger partial charge in [0.25, 0.3) is 0 Å². The van der Waals surface area contributed by atoms with Gasteiger partial charge in [0, 0.05) is 23.4 Å². The number of nitrogens with two attached hydrogens (primary N) is 1. The van der Waals surface area contributed by atoms with Gasteiger partial charge in [-0.3, -0.25) is 4.79 Å². The van der Waals surface area contributed by atoms with Crippen LogP contribution in [0.15, 0.2) is 47.3 Å². The van der Waals surface area contributed by atoms with Crippen LogP contribution in [0.4, 0.5) is 5.69 Å². The van der Waals surface area contributed by atoms with Gasteiger partial charge in [-0.2, -0.15) is 0 Å². The van der Waals surface area contributed by atoms with E-state index >= 15 is 0 Å². The predicted octanol–water partition coefficient (Wildman–Crippen LogP) is 1.99. The fourth-order valence-corrected chi connectivity index (χ4v) is 1.38. The van der Waals surface area contributed by atoms with E-state index in [2.05, 4.69) is 5.32 Å². The predicted molar refractivity (Wildman–Crippen MR) is 61.0 cm³/mol. The topological polar surface area (TPSA) is 68.3 Å². The molecule has 0 fully saturated rings. The van der Waals surface area contributed by atoms with Crippen LogP contribution in [0, 0.1) is 0 Å². The van der Waals surface area contributed by atoms with E-state index in [0.717, 1.165) is 11.3 Å². The van der Waals surface area contributed by atoms with E-state index in [-0.39, 0.29) is 0 Å². The Hall–Kier alpha value is -2.23. The molecule has 0 saturated carbocycles. The highest BCUT2D eigenvalue weighted by Gasteiger charge is 2.01. The number of rotatable bonds is 4. The van der Waals surface area contributed by atoms with Crippen molar-refractivity contribution in [1.82, 2.24) is 0 Å². The normalized spacial score (nSPS) is 10.0. The van der Waals surface area contributed by atoms with Crippen LogP contribution in [-0.2, 0) is 6.54 Å². The van der Waals surface area contributed by atoms with Crippen LogP contribution >= 0.6 is 0 Å². The van der Waals surface area contributed by atoms with Crippen molar-refractivity contribution < 1.29 is 9.21 Å². The van der Waals surface area contributed by atoms with E-state index in [4.69, 9.17) is 10.2 Å². The Kier molecular flexibility index (Phi) is 2.91. The van der Waals surface area contributed by atoms with Crippen molar-refractivity contribution in [2.45, 2.75) is 6.54 Å². The van der Waals surface area contributed by atoms with Gasteiger partial charge >= 0.3 is 0 Å². The number of hydrogen-bond donors (Lipinski definition) is 2. The van der Waals surface area contributed by atoms with Gasteiger partial charge in [0.15, 0.2) is 0 Å². The number of hydrogen-bond acceptors (Lipinski definition) is 3. The Morgan fingerprint density at radius 2 is 2.25 bits per heavy atom. The summed E-state index contributed by atoms with van der Waals surface area (Å²) in [4.78, 5) is 11.0. The van der Waals surface area contributed by atoms with E-state index in [1.54, 1.807) is 30.7 Å². The Morgan fingerprint density at radius 3 is 2.94 bits per heavy atom. The summed E-state index contributed by atoms with van der Waals surface area (Å²) >= 11 is 0. The molecule has 2 aromatic rings. The van der Waals surface area contributed by atoms with Gasteiger partial charge < -0.3 is 15.5 Å². The molecule has 0 aliphatic carbocycles. The smallest absolute Gasteiger partial charge is 0.248 e. The van der Waals surface area contributed by atoms with Crippen LogP contribution < -0.4 is 11.1 Å². The average Bonchev–Trinajstić information content (AvgIpc) is 2.79. The fourth-order valence-electron chi connectivity index (χ4n) is 1.38. The molecule has 0 unspecified atom stereocenters. The molecule has 0 atom stereocenters. The first-order chi connectivity index (χ1) is 7.75. The molecule has 82 valence electrons. The fraction of sp³-hybridized carbons (Fsp3) is 0.0833. The zero-order valence-electron chi connectivity index (χ0n) is 8.64. The first-order valence-corrected chi connectivity index (χ1v) is 4.90. The van der Waals surface area contributed by atoms with Gasteiger partial charge in [-0.25, -0.2) is 0 Å². The van der Waals surface area contributed by atoms with Crippen LogP contribution in [0.2, 0.25) is 0 Å². The molecule has 0 bridgehead atoms. The number of primary amides is 1. The number of carbonyl (C=O) groups excluding carboxylic acids is 1. The molecule has 0 aliphatic heterocycles. The minimum absolute atomic E-state index is 0.424. The molecular weight excluding hydrogens is 204 g/mol. The lowest BCUT2D eigenvalue weighted by Crippen LogP contribution is -2.11. The summed E-state index contributed by atoms with van der Waals surface area (Å²) < 4.78 is 4.95. The zero-order chi connectivity index (χ0) is 11.4. The third-order valence-electron chi connectivity index (χ3n) is 2.22. The molecule has 1 aromatic carbocycles. The molecule has 0 aliphatic rings. The molecule has 1 heterocycles. The maximum atomic E-state index is 11.0. The van der Waals surface area contributed by atoms with Crippen molar-refractivity contribution in [2.75, 3.05) is 5.32 Å². The Labute approximate surface area is 93.1 Å². The van der Waals surface area contributed by atoms with Gasteiger partial charge in [0.05, 0.1) is 12.5 Å². The van der Waals surface area contributed by atoms with Gasteiger partial charge in [-0.15, -0.1) is 0 Å². The first-order valence-electron chi connectivity index (χ1n) is 4.90. The molecule has 3 N–H and O–H groups in total. The molecule has 4 heteroatoms. The third kappa shape index (κ3) is 2.42. The van der Waals surface area contributed by atoms with Crippen LogP contribution in [0.1, 0.15) is 15.9 Å². The van der Waals surface area contributed by atoms with Crippen LogP contribution in [0.3, 0.4) is 0 Å². The summed E-state index contributed by atoms with van der Waals surface area (Å²) in [5, 5.41) is 3.17. The van der Waals surface area contributed by atoms with Crippen molar-refractivity contribution >= 4 is 11.6 Å². The molecule has 2 rings (SSSR count). The number of nitrogens with one attached hydrogen (secondary N) is 1. The summed E-state index contributed by atoms with van der Waals surface area (Å²) in [5.41, 5.74) is 7.59. The van der Waals surface area contributed by atoms with Crippen molar-refractivity contribution in [2.24, 2.45) is 5.73 Å². The molecule has 0 saturated heterocycles. The van der Waals surface area contributed by atoms with Gasteiger partial charge in [-0.05, 0) is 24.3 Å². The number of anilines is 1. The van der Waals surface area contributed by atoms with E-state index in [9.17, 15) is 4.79 Å². The highest BCUT2D eigenvalue weighted by atomic mass is 16.3.